The molecule has 2 amide bonds. The molecule has 132 valence electrons. The molecule has 1 aromatic rings. The molecule has 0 aliphatic carbocycles. The average molecular weight is 332 g/mol. The van der Waals surface area contributed by atoms with Crippen LogP contribution in [0, 0.1) is 11.3 Å². The second kappa shape index (κ2) is 7.79. The van der Waals surface area contributed by atoms with Crippen molar-refractivity contribution in [3.8, 4) is 0 Å². The quantitative estimate of drug-likeness (QED) is 0.887. The van der Waals surface area contributed by atoms with Gasteiger partial charge in [0.1, 0.15) is 0 Å². The van der Waals surface area contributed by atoms with Gasteiger partial charge in [0.2, 0.25) is 11.8 Å². The molecule has 0 atom stereocenters. The summed E-state index contributed by atoms with van der Waals surface area (Å²) in [4.78, 5) is 26.5. The number of nitrogens with zero attached hydrogens (tertiary/aromatic N) is 1. The lowest BCUT2D eigenvalue weighted by molar-refractivity contribution is -0.142. The zero-order valence-corrected chi connectivity index (χ0v) is 14.8. The van der Waals surface area contributed by atoms with E-state index in [1.54, 1.807) is 0 Å². The smallest absolute Gasteiger partial charge is 0.227 e. The van der Waals surface area contributed by atoms with Gasteiger partial charge in [-0.05, 0) is 24.0 Å². The van der Waals surface area contributed by atoms with Crippen molar-refractivity contribution >= 4 is 11.8 Å². The number of nitrogens with one attached hydrogen (secondary N) is 1. The van der Waals surface area contributed by atoms with Gasteiger partial charge in [-0.2, -0.15) is 0 Å². The van der Waals surface area contributed by atoms with Crippen LogP contribution in [0.3, 0.4) is 0 Å². The van der Waals surface area contributed by atoms with Gasteiger partial charge >= 0.3 is 0 Å². The number of aliphatic hydroxyl groups is 1. The summed E-state index contributed by atoms with van der Waals surface area (Å²) < 4.78 is 0. The van der Waals surface area contributed by atoms with E-state index in [0.29, 0.717) is 32.5 Å². The molecular weight excluding hydrogens is 304 g/mol. The SMILES string of the molecule is CC(C)(C)C(=O)N1CCC(C(=O)NCc2ccccc2CO)CC1. The van der Waals surface area contributed by atoms with Crippen molar-refractivity contribution in [3.63, 3.8) is 0 Å². The summed E-state index contributed by atoms with van der Waals surface area (Å²) >= 11 is 0. The molecule has 0 spiro atoms. The first-order valence-electron chi connectivity index (χ1n) is 8.57. The first-order chi connectivity index (χ1) is 11.3. The third kappa shape index (κ3) is 4.57. The van der Waals surface area contributed by atoms with E-state index in [9.17, 15) is 14.7 Å². The van der Waals surface area contributed by atoms with E-state index in [2.05, 4.69) is 5.32 Å². The number of carbonyl (C=O) groups is 2. The molecule has 1 aliphatic rings. The highest BCUT2D eigenvalue weighted by Gasteiger charge is 2.32. The largest absolute Gasteiger partial charge is 0.392 e. The Balaban J connectivity index is 1.84. The molecule has 0 saturated carbocycles. The summed E-state index contributed by atoms with van der Waals surface area (Å²) in [5, 5.41) is 12.3. The monoisotopic (exact) mass is 332 g/mol. The Kier molecular flexibility index (Phi) is 5.99. The number of aliphatic hydroxyl groups excluding tert-OH is 1. The molecule has 1 fully saturated rings. The van der Waals surface area contributed by atoms with Gasteiger partial charge < -0.3 is 15.3 Å². The van der Waals surface area contributed by atoms with Crippen molar-refractivity contribution in [2.75, 3.05) is 13.1 Å². The number of likely N-dealkylation sites (tertiary alicyclic amines) is 1. The summed E-state index contributed by atoms with van der Waals surface area (Å²) in [5.74, 6) is 0.138. The standard InChI is InChI=1S/C19H28N2O3/c1-19(2,3)18(24)21-10-8-14(9-11-21)17(23)20-12-15-6-4-5-7-16(15)13-22/h4-7,14,22H,8-13H2,1-3H3,(H,20,23). The average Bonchev–Trinajstić information content (AvgIpc) is 2.58. The lowest BCUT2D eigenvalue weighted by atomic mass is 9.90. The van der Waals surface area contributed by atoms with E-state index in [-0.39, 0.29) is 29.8 Å². The molecule has 0 aromatic heterocycles. The summed E-state index contributed by atoms with van der Waals surface area (Å²) in [7, 11) is 0. The van der Waals surface area contributed by atoms with Crippen molar-refractivity contribution < 1.29 is 14.7 Å². The molecule has 2 rings (SSSR count). The normalized spacial score (nSPS) is 16.1. The van der Waals surface area contributed by atoms with Crippen LogP contribution in [0.5, 0.6) is 0 Å². The zero-order chi connectivity index (χ0) is 17.7. The lowest BCUT2D eigenvalue weighted by Gasteiger charge is -2.35. The fourth-order valence-electron chi connectivity index (χ4n) is 3.03. The Hall–Kier alpha value is -1.88. The highest BCUT2D eigenvalue weighted by molar-refractivity contribution is 5.82. The topological polar surface area (TPSA) is 69.6 Å². The molecule has 2 N–H and O–H groups in total. The van der Waals surface area contributed by atoms with Gasteiger partial charge in [0.05, 0.1) is 6.61 Å². The molecule has 0 unspecified atom stereocenters. The number of amides is 2. The third-order valence-electron chi connectivity index (χ3n) is 4.54. The van der Waals surface area contributed by atoms with E-state index >= 15 is 0 Å². The van der Waals surface area contributed by atoms with Crippen LogP contribution < -0.4 is 5.32 Å². The maximum atomic E-state index is 12.4. The Morgan fingerprint density at radius 2 is 1.75 bits per heavy atom. The van der Waals surface area contributed by atoms with Crippen LogP contribution >= 0.6 is 0 Å². The van der Waals surface area contributed by atoms with Gasteiger partial charge in [-0.25, -0.2) is 0 Å². The van der Waals surface area contributed by atoms with Crippen molar-refractivity contribution in [1.82, 2.24) is 10.2 Å². The van der Waals surface area contributed by atoms with E-state index in [1.807, 2.05) is 49.9 Å². The molecule has 5 heteroatoms. The number of hydrogen-bond donors (Lipinski definition) is 2. The van der Waals surface area contributed by atoms with Crippen LogP contribution in [-0.4, -0.2) is 34.9 Å². The third-order valence-corrected chi connectivity index (χ3v) is 4.54. The maximum absolute atomic E-state index is 12.4. The summed E-state index contributed by atoms with van der Waals surface area (Å²) in [6.07, 6.45) is 1.41. The number of piperidine rings is 1. The summed E-state index contributed by atoms with van der Waals surface area (Å²) in [6, 6.07) is 7.55. The van der Waals surface area contributed by atoms with Gasteiger partial charge in [-0.3, -0.25) is 9.59 Å². The number of benzene rings is 1. The van der Waals surface area contributed by atoms with Gasteiger partial charge in [-0.15, -0.1) is 0 Å². The summed E-state index contributed by atoms with van der Waals surface area (Å²) in [6.45, 7) is 7.45. The van der Waals surface area contributed by atoms with E-state index in [0.717, 1.165) is 11.1 Å². The first kappa shape index (κ1) is 18.5. The van der Waals surface area contributed by atoms with Crippen LogP contribution in [0.25, 0.3) is 0 Å². The minimum absolute atomic E-state index is 0.0284. The van der Waals surface area contributed by atoms with E-state index in [4.69, 9.17) is 0 Å². The highest BCUT2D eigenvalue weighted by Crippen LogP contribution is 2.23. The zero-order valence-electron chi connectivity index (χ0n) is 14.8. The van der Waals surface area contributed by atoms with Gasteiger partial charge in [0.25, 0.3) is 0 Å². The number of rotatable bonds is 4. The lowest BCUT2D eigenvalue weighted by Crippen LogP contribution is -2.46. The Morgan fingerprint density at radius 3 is 2.29 bits per heavy atom. The van der Waals surface area contributed by atoms with Gasteiger partial charge in [0, 0.05) is 31.0 Å². The second-order valence-corrected chi connectivity index (χ2v) is 7.46. The van der Waals surface area contributed by atoms with Crippen molar-refractivity contribution in [2.45, 2.75) is 46.8 Å². The predicted octanol–water partition coefficient (Wildman–Crippen LogP) is 2.08. The maximum Gasteiger partial charge on any atom is 0.227 e. The Morgan fingerprint density at radius 1 is 1.17 bits per heavy atom. The summed E-state index contributed by atoms with van der Waals surface area (Å²) in [5.41, 5.74) is 1.40. The van der Waals surface area contributed by atoms with E-state index < -0.39 is 0 Å². The Bertz CT molecular complexity index is 585. The molecular formula is C19H28N2O3. The van der Waals surface area contributed by atoms with E-state index in [1.165, 1.54) is 0 Å². The molecule has 5 nitrogen and oxygen atoms in total. The van der Waals surface area contributed by atoms with Gasteiger partial charge in [-0.1, -0.05) is 45.0 Å². The molecule has 1 aliphatic heterocycles. The predicted molar refractivity (Wildman–Crippen MR) is 93.0 cm³/mol. The van der Waals surface area contributed by atoms with Crippen LogP contribution in [0.1, 0.15) is 44.7 Å². The minimum atomic E-state index is -0.372. The fourth-order valence-corrected chi connectivity index (χ4v) is 3.03. The van der Waals surface area contributed by atoms with Crippen LogP contribution in [-0.2, 0) is 22.7 Å². The van der Waals surface area contributed by atoms with Crippen LogP contribution in [0.4, 0.5) is 0 Å². The number of carbonyl (C=O) groups excluding carboxylic acids is 2. The van der Waals surface area contributed by atoms with Crippen molar-refractivity contribution in [2.24, 2.45) is 11.3 Å². The van der Waals surface area contributed by atoms with Crippen molar-refractivity contribution in [1.29, 1.82) is 0 Å². The fraction of sp³-hybridized carbons (Fsp3) is 0.579. The molecule has 1 saturated heterocycles. The molecule has 0 bridgehead atoms. The number of hydrogen-bond acceptors (Lipinski definition) is 3. The van der Waals surface area contributed by atoms with Crippen LogP contribution in [0.2, 0.25) is 0 Å². The first-order valence-corrected chi connectivity index (χ1v) is 8.57. The van der Waals surface area contributed by atoms with Crippen LogP contribution in [0.15, 0.2) is 24.3 Å². The van der Waals surface area contributed by atoms with Gasteiger partial charge in [0.15, 0.2) is 0 Å². The molecule has 1 aromatic carbocycles. The molecule has 24 heavy (non-hydrogen) atoms. The highest BCUT2D eigenvalue weighted by atomic mass is 16.3. The molecule has 1 heterocycles. The Labute approximate surface area is 144 Å². The second-order valence-electron chi connectivity index (χ2n) is 7.46. The van der Waals surface area contributed by atoms with Crippen molar-refractivity contribution in [3.05, 3.63) is 35.4 Å². The minimum Gasteiger partial charge on any atom is -0.392 e. The molecule has 0 radical (unpaired) electrons.